The summed E-state index contributed by atoms with van der Waals surface area (Å²) < 4.78 is 0. The van der Waals surface area contributed by atoms with Crippen LogP contribution in [-0.2, 0) is 0 Å². The third-order valence-electron chi connectivity index (χ3n) is 3.50. The van der Waals surface area contributed by atoms with E-state index in [1.807, 2.05) is 13.8 Å². The van der Waals surface area contributed by atoms with Crippen molar-refractivity contribution in [1.82, 2.24) is 4.90 Å². The van der Waals surface area contributed by atoms with Gasteiger partial charge in [0.2, 0.25) is 0 Å². The summed E-state index contributed by atoms with van der Waals surface area (Å²) in [7, 11) is 0. The van der Waals surface area contributed by atoms with Crippen molar-refractivity contribution in [2.24, 2.45) is 5.92 Å². The fraction of sp³-hybridized carbons (Fsp3) is 1.00. The predicted octanol–water partition coefficient (Wildman–Crippen LogP) is 3.30. The molecule has 1 heteroatoms. The lowest BCUT2D eigenvalue weighted by atomic mass is 9.91. The fourth-order valence-electron chi connectivity index (χ4n) is 2.65. The van der Waals surface area contributed by atoms with Gasteiger partial charge in [-0.3, -0.25) is 4.90 Å². The maximum atomic E-state index is 2.70. The Morgan fingerprint density at radius 1 is 1.31 bits per heavy atom. The van der Waals surface area contributed by atoms with Gasteiger partial charge in [-0.15, -0.1) is 0 Å². The van der Waals surface area contributed by atoms with E-state index in [9.17, 15) is 0 Å². The van der Waals surface area contributed by atoms with E-state index in [0.717, 1.165) is 5.92 Å². The summed E-state index contributed by atoms with van der Waals surface area (Å²) in [6.45, 7) is 11.3. The van der Waals surface area contributed by atoms with Crippen LogP contribution in [0.2, 0.25) is 0 Å². The van der Waals surface area contributed by atoms with Gasteiger partial charge >= 0.3 is 0 Å². The highest BCUT2D eigenvalue weighted by Gasteiger charge is 2.49. The minimum atomic E-state index is 0.701. The molecule has 0 radical (unpaired) electrons. The van der Waals surface area contributed by atoms with Gasteiger partial charge in [-0.1, -0.05) is 27.7 Å². The van der Waals surface area contributed by atoms with Crippen molar-refractivity contribution >= 4 is 0 Å². The molecule has 0 aromatic rings. The Morgan fingerprint density at radius 3 is 2.38 bits per heavy atom. The lowest BCUT2D eigenvalue weighted by Crippen LogP contribution is -2.43. The zero-order valence-electron chi connectivity index (χ0n) is 9.77. The molecule has 1 unspecified atom stereocenters. The quantitative estimate of drug-likeness (QED) is 0.603. The molecule has 1 atom stereocenters. The van der Waals surface area contributed by atoms with Crippen molar-refractivity contribution in [2.75, 3.05) is 13.1 Å². The summed E-state index contributed by atoms with van der Waals surface area (Å²) in [6.07, 6.45) is 5.85. The second-order valence-corrected chi connectivity index (χ2v) is 4.40. The molecule has 13 heavy (non-hydrogen) atoms. The van der Waals surface area contributed by atoms with E-state index in [1.165, 1.54) is 38.8 Å². The van der Waals surface area contributed by atoms with E-state index < -0.39 is 0 Å². The Morgan fingerprint density at radius 2 is 1.92 bits per heavy atom. The Labute approximate surface area is 83.5 Å². The van der Waals surface area contributed by atoms with Crippen LogP contribution in [-0.4, -0.2) is 23.5 Å². The molecule has 1 saturated heterocycles. The Bertz CT molecular complexity index is 149. The van der Waals surface area contributed by atoms with Crippen LogP contribution in [0.3, 0.4) is 0 Å². The summed E-state index contributed by atoms with van der Waals surface area (Å²) in [5, 5.41) is 0. The molecule has 0 amide bonds. The van der Waals surface area contributed by atoms with Gasteiger partial charge in [-0.2, -0.15) is 0 Å². The highest BCUT2D eigenvalue weighted by Crippen LogP contribution is 2.49. The fourth-order valence-corrected chi connectivity index (χ4v) is 2.65. The van der Waals surface area contributed by atoms with Crippen LogP contribution in [0.5, 0.6) is 0 Å². The van der Waals surface area contributed by atoms with Crippen molar-refractivity contribution in [1.29, 1.82) is 0 Å². The predicted molar refractivity (Wildman–Crippen MR) is 59.0 cm³/mol. The first-order valence-electron chi connectivity index (χ1n) is 6.02. The van der Waals surface area contributed by atoms with Gasteiger partial charge in [0.25, 0.3) is 0 Å². The maximum absolute atomic E-state index is 2.70. The van der Waals surface area contributed by atoms with E-state index in [2.05, 4.69) is 18.7 Å². The molecule has 1 aliphatic carbocycles. The second-order valence-electron chi connectivity index (χ2n) is 4.40. The van der Waals surface area contributed by atoms with Crippen molar-refractivity contribution in [3.8, 4) is 0 Å². The molecule has 0 aromatic carbocycles. The molecule has 1 nitrogen and oxygen atoms in total. The highest BCUT2D eigenvalue weighted by atomic mass is 15.2. The third kappa shape index (κ3) is 2.25. The number of hydrogen-bond acceptors (Lipinski definition) is 1. The van der Waals surface area contributed by atoms with Gasteiger partial charge in [0, 0.05) is 5.54 Å². The van der Waals surface area contributed by atoms with Gasteiger partial charge in [-0.05, 0) is 44.7 Å². The minimum Gasteiger partial charge on any atom is -0.298 e. The zero-order chi connectivity index (χ0) is 9.90. The van der Waals surface area contributed by atoms with Crippen LogP contribution in [0.25, 0.3) is 0 Å². The van der Waals surface area contributed by atoms with Crippen molar-refractivity contribution in [3.63, 3.8) is 0 Å². The standard InChI is InChI=1S/C10H19N.C2H6/c1-3-11-7-4-9(2)8-10(11)5-6-10;1-2/h9H,3-8H2,1-2H3;1-2H3. The third-order valence-corrected chi connectivity index (χ3v) is 3.50. The molecule has 1 aliphatic heterocycles. The number of hydrogen-bond donors (Lipinski definition) is 0. The number of piperidine rings is 1. The SMILES string of the molecule is CC.CCN1CCC(C)CC12CC2. The maximum Gasteiger partial charge on any atom is 0.0213 e. The Balaban J connectivity index is 0.000000396. The molecule has 2 aliphatic rings. The van der Waals surface area contributed by atoms with Gasteiger partial charge in [-0.25, -0.2) is 0 Å². The van der Waals surface area contributed by atoms with Gasteiger partial charge in [0.05, 0.1) is 0 Å². The lowest BCUT2D eigenvalue weighted by molar-refractivity contribution is 0.106. The van der Waals surface area contributed by atoms with E-state index in [-0.39, 0.29) is 0 Å². The summed E-state index contributed by atoms with van der Waals surface area (Å²) >= 11 is 0. The summed E-state index contributed by atoms with van der Waals surface area (Å²) in [5.74, 6) is 0.986. The van der Waals surface area contributed by atoms with Gasteiger partial charge in [0.15, 0.2) is 0 Å². The Hall–Kier alpha value is -0.0400. The zero-order valence-corrected chi connectivity index (χ0v) is 9.77. The molecule has 2 fully saturated rings. The van der Waals surface area contributed by atoms with Crippen LogP contribution in [0.1, 0.15) is 53.4 Å². The molecule has 1 heterocycles. The molecule has 78 valence electrons. The minimum absolute atomic E-state index is 0.701. The molecule has 1 spiro atoms. The molecule has 0 N–H and O–H groups in total. The molecule has 1 saturated carbocycles. The summed E-state index contributed by atoms with van der Waals surface area (Å²) in [4.78, 5) is 2.70. The van der Waals surface area contributed by atoms with E-state index in [4.69, 9.17) is 0 Å². The van der Waals surface area contributed by atoms with Crippen LogP contribution >= 0.6 is 0 Å². The highest BCUT2D eigenvalue weighted by molar-refractivity contribution is 5.06. The van der Waals surface area contributed by atoms with Crippen molar-refractivity contribution < 1.29 is 0 Å². The topological polar surface area (TPSA) is 3.24 Å². The van der Waals surface area contributed by atoms with E-state index in [1.54, 1.807) is 0 Å². The van der Waals surface area contributed by atoms with Gasteiger partial charge in [0.1, 0.15) is 0 Å². The normalized spacial score (nSPS) is 30.9. The van der Waals surface area contributed by atoms with E-state index in [0.29, 0.717) is 5.54 Å². The largest absolute Gasteiger partial charge is 0.298 e. The van der Waals surface area contributed by atoms with Crippen LogP contribution < -0.4 is 0 Å². The smallest absolute Gasteiger partial charge is 0.0213 e. The first-order chi connectivity index (χ1) is 6.27. The van der Waals surface area contributed by atoms with Crippen LogP contribution in [0.4, 0.5) is 0 Å². The average Bonchev–Trinajstić information content (AvgIpc) is 2.89. The molecule has 2 rings (SSSR count). The number of nitrogens with zero attached hydrogens (tertiary/aromatic N) is 1. The molecular formula is C12H25N. The van der Waals surface area contributed by atoms with Crippen LogP contribution in [0.15, 0.2) is 0 Å². The number of likely N-dealkylation sites (tertiary alicyclic amines) is 1. The Kier molecular flexibility index (Phi) is 3.78. The van der Waals surface area contributed by atoms with Crippen molar-refractivity contribution in [3.05, 3.63) is 0 Å². The molecule has 0 aromatic heterocycles. The van der Waals surface area contributed by atoms with Crippen LogP contribution in [0, 0.1) is 5.92 Å². The van der Waals surface area contributed by atoms with Crippen molar-refractivity contribution in [2.45, 2.75) is 58.9 Å². The molecule has 0 bridgehead atoms. The monoisotopic (exact) mass is 183 g/mol. The molecular weight excluding hydrogens is 158 g/mol. The first kappa shape index (κ1) is 11.0. The first-order valence-corrected chi connectivity index (χ1v) is 6.02. The summed E-state index contributed by atoms with van der Waals surface area (Å²) in [5.41, 5.74) is 0.701. The number of rotatable bonds is 1. The second kappa shape index (κ2) is 4.45. The average molecular weight is 183 g/mol. The lowest BCUT2D eigenvalue weighted by Gasteiger charge is -2.38. The summed E-state index contributed by atoms with van der Waals surface area (Å²) in [6, 6.07) is 0. The van der Waals surface area contributed by atoms with Gasteiger partial charge < -0.3 is 0 Å². The van der Waals surface area contributed by atoms with E-state index >= 15 is 0 Å².